The Bertz CT molecular complexity index is 566. The van der Waals surface area contributed by atoms with E-state index in [9.17, 15) is 4.39 Å². The molecule has 0 fully saturated rings. The molecule has 0 aromatic heterocycles. The minimum Gasteiger partial charge on any atom is -0.457 e. The largest absolute Gasteiger partial charge is 0.457 e. The predicted molar refractivity (Wildman–Crippen MR) is 70.3 cm³/mol. The van der Waals surface area contributed by atoms with Crippen molar-refractivity contribution in [3.8, 4) is 11.5 Å². The summed E-state index contributed by atoms with van der Waals surface area (Å²) in [6, 6.07) is 10.3. The second-order valence-corrected chi connectivity index (χ2v) is 4.33. The van der Waals surface area contributed by atoms with Crippen LogP contribution in [-0.2, 0) is 6.54 Å². The lowest BCUT2D eigenvalue weighted by atomic mass is 10.1. The molecule has 3 heteroatoms. The summed E-state index contributed by atoms with van der Waals surface area (Å²) in [4.78, 5) is 0. The Kier molecular flexibility index (Phi) is 3.63. The summed E-state index contributed by atoms with van der Waals surface area (Å²) in [5.74, 6) is 1.12. The lowest BCUT2D eigenvalue weighted by Gasteiger charge is -2.12. The minimum atomic E-state index is -0.261. The van der Waals surface area contributed by atoms with E-state index in [0.717, 1.165) is 22.4 Å². The number of benzene rings is 2. The van der Waals surface area contributed by atoms with Gasteiger partial charge in [0.05, 0.1) is 0 Å². The van der Waals surface area contributed by atoms with Crippen LogP contribution < -0.4 is 10.5 Å². The van der Waals surface area contributed by atoms with Crippen molar-refractivity contribution in [1.29, 1.82) is 0 Å². The maximum absolute atomic E-state index is 13.0. The average molecular weight is 245 g/mol. The van der Waals surface area contributed by atoms with Gasteiger partial charge in [-0.25, -0.2) is 4.39 Å². The third-order valence-electron chi connectivity index (χ3n) is 2.80. The predicted octanol–water partition coefficient (Wildman–Crippen LogP) is 3.69. The van der Waals surface area contributed by atoms with Gasteiger partial charge in [-0.05, 0) is 49.2 Å². The molecule has 0 saturated carbocycles. The second kappa shape index (κ2) is 5.19. The van der Waals surface area contributed by atoms with E-state index in [1.165, 1.54) is 12.1 Å². The quantitative estimate of drug-likeness (QED) is 0.895. The van der Waals surface area contributed by atoms with Crippen LogP contribution in [0.1, 0.15) is 16.7 Å². The molecule has 0 heterocycles. The van der Waals surface area contributed by atoms with Crippen LogP contribution in [0, 0.1) is 19.7 Å². The van der Waals surface area contributed by atoms with Gasteiger partial charge >= 0.3 is 0 Å². The Labute approximate surface area is 106 Å². The van der Waals surface area contributed by atoms with Crippen molar-refractivity contribution in [3.63, 3.8) is 0 Å². The number of hydrogen-bond donors (Lipinski definition) is 1. The first kappa shape index (κ1) is 12.6. The van der Waals surface area contributed by atoms with Gasteiger partial charge in [-0.1, -0.05) is 12.1 Å². The maximum atomic E-state index is 13.0. The summed E-state index contributed by atoms with van der Waals surface area (Å²) >= 11 is 0. The SMILES string of the molecule is Cc1ccc(CN)c(Oc2ccc(F)cc2C)c1. The maximum Gasteiger partial charge on any atom is 0.132 e. The highest BCUT2D eigenvalue weighted by molar-refractivity contribution is 5.42. The van der Waals surface area contributed by atoms with Gasteiger partial charge in [0.1, 0.15) is 17.3 Å². The zero-order chi connectivity index (χ0) is 13.1. The molecule has 2 aromatic rings. The van der Waals surface area contributed by atoms with Crippen molar-refractivity contribution >= 4 is 0 Å². The van der Waals surface area contributed by atoms with E-state index in [0.29, 0.717) is 12.3 Å². The van der Waals surface area contributed by atoms with Crippen LogP contribution in [0.3, 0.4) is 0 Å². The summed E-state index contributed by atoms with van der Waals surface area (Å²) in [5.41, 5.74) is 8.47. The Morgan fingerprint density at radius 2 is 1.83 bits per heavy atom. The summed E-state index contributed by atoms with van der Waals surface area (Å²) < 4.78 is 18.8. The summed E-state index contributed by atoms with van der Waals surface area (Å²) in [5, 5.41) is 0. The van der Waals surface area contributed by atoms with E-state index in [1.54, 1.807) is 6.07 Å². The molecule has 2 aromatic carbocycles. The van der Waals surface area contributed by atoms with E-state index >= 15 is 0 Å². The van der Waals surface area contributed by atoms with Crippen molar-refractivity contribution in [2.45, 2.75) is 20.4 Å². The molecular weight excluding hydrogens is 229 g/mol. The molecule has 0 saturated heterocycles. The molecule has 0 unspecified atom stereocenters. The molecule has 0 aliphatic carbocycles. The Morgan fingerprint density at radius 1 is 1.06 bits per heavy atom. The molecule has 0 spiro atoms. The van der Waals surface area contributed by atoms with Gasteiger partial charge in [0.2, 0.25) is 0 Å². The van der Waals surface area contributed by atoms with E-state index < -0.39 is 0 Å². The van der Waals surface area contributed by atoms with Crippen molar-refractivity contribution in [2.24, 2.45) is 5.73 Å². The second-order valence-electron chi connectivity index (χ2n) is 4.33. The zero-order valence-electron chi connectivity index (χ0n) is 10.5. The van der Waals surface area contributed by atoms with Gasteiger partial charge < -0.3 is 10.5 Å². The number of aryl methyl sites for hydroxylation is 2. The summed E-state index contributed by atoms with van der Waals surface area (Å²) in [6.45, 7) is 4.22. The van der Waals surface area contributed by atoms with Crippen LogP contribution in [0.4, 0.5) is 4.39 Å². The van der Waals surface area contributed by atoms with E-state index in [2.05, 4.69) is 0 Å². The molecule has 2 nitrogen and oxygen atoms in total. The Balaban J connectivity index is 2.36. The highest BCUT2D eigenvalue weighted by atomic mass is 19.1. The molecule has 18 heavy (non-hydrogen) atoms. The molecule has 0 aliphatic rings. The van der Waals surface area contributed by atoms with Crippen molar-refractivity contribution < 1.29 is 9.13 Å². The molecule has 94 valence electrons. The van der Waals surface area contributed by atoms with Gasteiger partial charge in [0.25, 0.3) is 0 Å². The third-order valence-corrected chi connectivity index (χ3v) is 2.80. The molecule has 0 radical (unpaired) electrons. The molecule has 0 amide bonds. The van der Waals surface area contributed by atoms with Crippen LogP contribution in [-0.4, -0.2) is 0 Å². The van der Waals surface area contributed by atoms with E-state index in [-0.39, 0.29) is 5.82 Å². The van der Waals surface area contributed by atoms with Crippen molar-refractivity contribution in [2.75, 3.05) is 0 Å². The topological polar surface area (TPSA) is 35.2 Å². The van der Waals surface area contributed by atoms with Gasteiger partial charge in [-0.2, -0.15) is 0 Å². The van der Waals surface area contributed by atoms with Gasteiger partial charge in [0.15, 0.2) is 0 Å². The monoisotopic (exact) mass is 245 g/mol. The lowest BCUT2D eigenvalue weighted by molar-refractivity contribution is 0.470. The molecular formula is C15H16FNO. The first-order valence-electron chi connectivity index (χ1n) is 5.84. The number of halogens is 1. The number of ether oxygens (including phenoxy) is 1. The zero-order valence-corrected chi connectivity index (χ0v) is 10.5. The van der Waals surface area contributed by atoms with E-state index in [1.807, 2.05) is 32.0 Å². The summed E-state index contributed by atoms with van der Waals surface area (Å²) in [7, 11) is 0. The van der Waals surface area contributed by atoms with Crippen molar-refractivity contribution in [1.82, 2.24) is 0 Å². The van der Waals surface area contributed by atoms with Gasteiger partial charge in [-0.15, -0.1) is 0 Å². The lowest BCUT2D eigenvalue weighted by Crippen LogP contribution is -2.00. The minimum absolute atomic E-state index is 0.261. The van der Waals surface area contributed by atoms with Crippen LogP contribution in [0.15, 0.2) is 36.4 Å². The van der Waals surface area contributed by atoms with Gasteiger partial charge in [0, 0.05) is 12.1 Å². The van der Waals surface area contributed by atoms with Gasteiger partial charge in [-0.3, -0.25) is 0 Å². The number of rotatable bonds is 3. The summed E-state index contributed by atoms with van der Waals surface area (Å²) in [6.07, 6.45) is 0. The Morgan fingerprint density at radius 3 is 2.50 bits per heavy atom. The fourth-order valence-corrected chi connectivity index (χ4v) is 1.77. The van der Waals surface area contributed by atoms with Crippen LogP contribution in [0.25, 0.3) is 0 Å². The fourth-order valence-electron chi connectivity index (χ4n) is 1.77. The first-order valence-corrected chi connectivity index (χ1v) is 5.84. The first-order chi connectivity index (χ1) is 8.60. The van der Waals surface area contributed by atoms with Crippen LogP contribution in [0.2, 0.25) is 0 Å². The van der Waals surface area contributed by atoms with Crippen LogP contribution in [0.5, 0.6) is 11.5 Å². The smallest absolute Gasteiger partial charge is 0.132 e. The number of nitrogens with two attached hydrogens (primary N) is 1. The molecule has 2 N–H and O–H groups in total. The van der Waals surface area contributed by atoms with E-state index in [4.69, 9.17) is 10.5 Å². The third kappa shape index (κ3) is 2.68. The molecule has 2 rings (SSSR count). The highest BCUT2D eigenvalue weighted by Gasteiger charge is 2.07. The standard InChI is InChI=1S/C15H16FNO/c1-10-3-4-12(9-17)15(7-10)18-14-6-5-13(16)8-11(14)2/h3-8H,9,17H2,1-2H3. The molecule has 0 aliphatic heterocycles. The fraction of sp³-hybridized carbons (Fsp3) is 0.200. The number of hydrogen-bond acceptors (Lipinski definition) is 2. The normalized spacial score (nSPS) is 10.4. The highest BCUT2D eigenvalue weighted by Crippen LogP contribution is 2.29. The Hall–Kier alpha value is -1.87. The molecule has 0 bridgehead atoms. The average Bonchev–Trinajstić information content (AvgIpc) is 2.33. The molecule has 0 atom stereocenters. The van der Waals surface area contributed by atoms with Crippen molar-refractivity contribution in [3.05, 3.63) is 58.9 Å². The van der Waals surface area contributed by atoms with Crippen LogP contribution >= 0.6 is 0 Å².